The van der Waals surface area contributed by atoms with Gasteiger partial charge in [-0.15, -0.1) is 0 Å². The fourth-order valence-electron chi connectivity index (χ4n) is 1.81. The number of benzene rings is 1. The number of allylic oxidation sites excluding steroid dienone is 1. The fraction of sp³-hybridized carbons (Fsp3) is 0.467. The second-order valence-corrected chi connectivity index (χ2v) is 4.49. The summed E-state index contributed by atoms with van der Waals surface area (Å²) in [4.78, 5) is 0. The molecule has 0 bridgehead atoms. The van der Waals surface area contributed by atoms with Gasteiger partial charge in [-0.1, -0.05) is 18.2 Å². The number of hydrogen-bond acceptors (Lipinski definition) is 3. The van der Waals surface area contributed by atoms with Crippen molar-refractivity contribution in [2.75, 3.05) is 20.3 Å². The maximum Gasteiger partial charge on any atom is 0.161 e. The Bertz CT molecular complexity index is 411. The van der Waals surface area contributed by atoms with Crippen molar-refractivity contribution in [1.29, 1.82) is 0 Å². The summed E-state index contributed by atoms with van der Waals surface area (Å²) in [5.74, 6) is 1.60. The molecule has 1 saturated carbocycles. The highest BCUT2D eigenvalue weighted by Crippen LogP contribution is 2.28. The monoisotopic (exact) mass is 247 g/mol. The zero-order valence-electron chi connectivity index (χ0n) is 11.1. The Balaban J connectivity index is 1.89. The molecule has 0 spiro atoms. The molecule has 1 fully saturated rings. The first-order valence-electron chi connectivity index (χ1n) is 6.50. The molecular weight excluding hydrogens is 226 g/mol. The zero-order valence-corrected chi connectivity index (χ0v) is 11.1. The summed E-state index contributed by atoms with van der Waals surface area (Å²) in [6.07, 6.45) is 6.67. The molecule has 0 amide bonds. The molecule has 3 nitrogen and oxygen atoms in total. The molecule has 18 heavy (non-hydrogen) atoms. The van der Waals surface area contributed by atoms with Crippen LogP contribution in [0.1, 0.15) is 25.3 Å². The number of hydrogen-bond donors (Lipinski definition) is 1. The summed E-state index contributed by atoms with van der Waals surface area (Å²) < 4.78 is 11.1. The van der Waals surface area contributed by atoms with Gasteiger partial charge in [0, 0.05) is 12.6 Å². The summed E-state index contributed by atoms with van der Waals surface area (Å²) in [7, 11) is 1.67. The highest BCUT2D eigenvalue weighted by Gasteiger charge is 2.19. The van der Waals surface area contributed by atoms with Crippen LogP contribution in [0.5, 0.6) is 11.5 Å². The minimum absolute atomic E-state index is 0.676. The maximum absolute atomic E-state index is 5.73. The second kappa shape index (κ2) is 6.45. The molecule has 0 aliphatic heterocycles. The Hall–Kier alpha value is -1.48. The van der Waals surface area contributed by atoms with Crippen LogP contribution in [0.3, 0.4) is 0 Å². The molecule has 1 aliphatic carbocycles. The minimum atomic E-state index is 0.676. The van der Waals surface area contributed by atoms with Crippen molar-refractivity contribution in [3.05, 3.63) is 29.8 Å². The summed E-state index contributed by atoms with van der Waals surface area (Å²) >= 11 is 0. The van der Waals surface area contributed by atoms with Crippen molar-refractivity contribution < 1.29 is 9.47 Å². The molecule has 1 aromatic rings. The first-order chi connectivity index (χ1) is 8.83. The SMILES string of the molecule is C/C=C/c1ccc(OCCNC2CC2)c(OC)c1. The van der Waals surface area contributed by atoms with Gasteiger partial charge in [-0.05, 0) is 37.5 Å². The van der Waals surface area contributed by atoms with Crippen LogP contribution in [0.2, 0.25) is 0 Å². The second-order valence-electron chi connectivity index (χ2n) is 4.49. The van der Waals surface area contributed by atoms with E-state index in [2.05, 4.69) is 5.32 Å². The lowest BCUT2D eigenvalue weighted by atomic mass is 10.2. The Morgan fingerprint density at radius 3 is 2.83 bits per heavy atom. The van der Waals surface area contributed by atoms with E-state index in [9.17, 15) is 0 Å². The lowest BCUT2D eigenvalue weighted by molar-refractivity contribution is 0.292. The van der Waals surface area contributed by atoms with Crippen molar-refractivity contribution in [2.24, 2.45) is 0 Å². The van der Waals surface area contributed by atoms with Crippen LogP contribution < -0.4 is 14.8 Å². The molecule has 0 unspecified atom stereocenters. The number of nitrogens with one attached hydrogen (secondary N) is 1. The molecule has 0 radical (unpaired) electrons. The predicted octanol–water partition coefficient (Wildman–Crippen LogP) is 2.86. The zero-order chi connectivity index (χ0) is 12.8. The first-order valence-corrected chi connectivity index (χ1v) is 6.50. The van der Waals surface area contributed by atoms with E-state index in [1.807, 2.05) is 37.3 Å². The Morgan fingerprint density at radius 2 is 2.17 bits per heavy atom. The van der Waals surface area contributed by atoms with Gasteiger partial charge in [0.2, 0.25) is 0 Å². The van der Waals surface area contributed by atoms with Crippen molar-refractivity contribution in [2.45, 2.75) is 25.8 Å². The standard InChI is InChI=1S/C15H21NO2/c1-3-4-12-5-8-14(15(11-12)17-2)18-10-9-16-13-6-7-13/h3-5,8,11,13,16H,6-7,9-10H2,1-2H3/b4-3+. The van der Waals surface area contributed by atoms with Crippen LogP contribution in [0.15, 0.2) is 24.3 Å². The van der Waals surface area contributed by atoms with Crippen LogP contribution in [0.25, 0.3) is 6.08 Å². The quantitative estimate of drug-likeness (QED) is 0.752. The van der Waals surface area contributed by atoms with E-state index in [4.69, 9.17) is 9.47 Å². The van der Waals surface area contributed by atoms with Gasteiger partial charge in [0.15, 0.2) is 11.5 Å². The van der Waals surface area contributed by atoms with Gasteiger partial charge >= 0.3 is 0 Å². The molecule has 1 aromatic carbocycles. The van der Waals surface area contributed by atoms with Crippen LogP contribution >= 0.6 is 0 Å². The molecule has 2 rings (SSSR count). The average molecular weight is 247 g/mol. The van der Waals surface area contributed by atoms with E-state index in [1.54, 1.807) is 7.11 Å². The van der Waals surface area contributed by atoms with Crippen LogP contribution in [-0.4, -0.2) is 26.3 Å². The molecule has 98 valence electrons. The Kier molecular flexibility index (Phi) is 4.65. The van der Waals surface area contributed by atoms with E-state index in [0.717, 1.165) is 29.6 Å². The highest BCUT2D eigenvalue weighted by atomic mass is 16.5. The van der Waals surface area contributed by atoms with Gasteiger partial charge in [-0.25, -0.2) is 0 Å². The number of methoxy groups -OCH3 is 1. The third kappa shape index (κ3) is 3.77. The molecule has 1 aliphatic rings. The molecule has 0 aromatic heterocycles. The summed E-state index contributed by atoms with van der Waals surface area (Å²) in [5, 5.41) is 3.42. The summed E-state index contributed by atoms with van der Waals surface area (Å²) in [5.41, 5.74) is 1.12. The van der Waals surface area contributed by atoms with Crippen molar-refractivity contribution in [3.63, 3.8) is 0 Å². The number of rotatable bonds is 7. The molecular formula is C15H21NO2. The van der Waals surface area contributed by atoms with Crippen molar-refractivity contribution in [1.82, 2.24) is 5.32 Å². The van der Waals surface area contributed by atoms with Crippen LogP contribution in [0, 0.1) is 0 Å². The van der Waals surface area contributed by atoms with Crippen LogP contribution in [-0.2, 0) is 0 Å². The smallest absolute Gasteiger partial charge is 0.161 e. The topological polar surface area (TPSA) is 30.5 Å². The van der Waals surface area contributed by atoms with E-state index in [0.29, 0.717) is 6.61 Å². The van der Waals surface area contributed by atoms with E-state index in [1.165, 1.54) is 12.8 Å². The molecule has 3 heteroatoms. The first kappa shape index (κ1) is 13.0. The van der Waals surface area contributed by atoms with E-state index < -0.39 is 0 Å². The molecule has 0 heterocycles. The van der Waals surface area contributed by atoms with Gasteiger partial charge in [-0.2, -0.15) is 0 Å². The Morgan fingerprint density at radius 1 is 1.33 bits per heavy atom. The minimum Gasteiger partial charge on any atom is -0.493 e. The normalized spacial score (nSPS) is 15.0. The van der Waals surface area contributed by atoms with Crippen molar-refractivity contribution in [3.8, 4) is 11.5 Å². The van der Waals surface area contributed by atoms with Gasteiger partial charge in [0.25, 0.3) is 0 Å². The largest absolute Gasteiger partial charge is 0.493 e. The van der Waals surface area contributed by atoms with Gasteiger partial charge in [0.1, 0.15) is 6.61 Å². The third-order valence-corrected chi connectivity index (χ3v) is 2.92. The maximum atomic E-state index is 5.73. The van der Waals surface area contributed by atoms with Crippen LogP contribution in [0.4, 0.5) is 0 Å². The molecule has 1 N–H and O–H groups in total. The van der Waals surface area contributed by atoms with Gasteiger partial charge in [-0.3, -0.25) is 0 Å². The molecule has 0 saturated heterocycles. The molecule has 0 atom stereocenters. The van der Waals surface area contributed by atoms with Gasteiger partial charge in [0.05, 0.1) is 7.11 Å². The van der Waals surface area contributed by atoms with Gasteiger partial charge < -0.3 is 14.8 Å². The van der Waals surface area contributed by atoms with Crippen molar-refractivity contribution >= 4 is 6.08 Å². The highest BCUT2D eigenvalue weighted by molar-refractivity contribution is 5.55. The summed E-state index contributed by atoms with van der Waals surface area (Å²) in [6, 6.07) is 6.72. The Labute approximate surface area is 109 Å². The summed E-state index contributed by atoms with van der Waals surface area (Å²) in [6.45, 7) is 3.57. The average Bonchev–Trinajstić information content (AvgIpc) is 3.20. The lowest BCUT2D eigenvalue weighted by Crippen LogP contribution is -2.22. The predicted molar refractivity (Wildman–Crippen MR) is 74.2 cm³/mol. The van der Waals surface area contributed by atoms with E-state index >= 15 is 0 Å². The fourth-order valence-corrected chi connectivity index (χ4v) is 1.81. The third-order valence-electron chi connectivity index (χ3n) is 2.92. The lowest BCUT2D eigenvalue weighted by Gasteiger charge is -2.11. The van der Waals surface area contributed by atoms with E-state index in [-0.39, 0.29) is 0 Å². The number of ether oxygens (including phenoxy) is 2.